The van der Waals surface area contributed by atoms with Crippen molar-refractivity contribution in [1.82, 2.24) is 15.3 Å². The summed E-state index contributed by atoms with van der Waals surface area (Å²) in [6, 6.07) is 0.315. The molecule has 148 valence electrons. The fraction of sp³-hybridized carbons (Fsp3) is 0.650. The minimum Gasteiger partial charge on any atom is -0.352 e. The van der Waals surface area contributed by atoms with Gasteiger partial charge >= 0.3 is 0 Å². The zero-order chi connectivity index (χ0) is 19.6. The van der Waals surface area contributed by atoms with Gasteiger partial charge in [0.2, 0.25) is 5.91 Å². The summed E-state index contributed by atoms with van der Waals surface area (Å²) < 4.78 is 0. The maximum atomic E-state index is 12.5. The normalized spacial score (nSPS) is 21.3. The maximum absolute atomic E-state index is 12.5. The van der Waals surface area contributed by atoms with Gasteiger partial charge in [0.1, 0.15) is 10.7 Å². The number of aryl methyl sites for hydroxylation is 2. The Bertz CT molecular complexity index is 866. The highest BCUT2D eigenvalue weighted by Crippen LogP contribution is 2.28. The lowest BCUT2D eigenvalue weighted by Crippen LogP contribution is -2.41. The Labute approximate surface area is 168 Å². The Morgan fingerprint density at radius 2 is 2.04 bits per heavy atom. The fourth-order valence-electron chi connectivity index (χ4n) is 3.68. The molecule has 2 aromatic rings. The van der Waals surface area contributed by atoms with Gasteiger partial charge in [0.15, 0.2) is 0 Å². The van der Waals surface area contributed by atoms with E-state index in [9.17, 15) is 9.59 Å². The van der Waals surface area contributed by atoms with Gasteiger partial charge in [0.25, 0.3) is 5.56 Å². The van der Waals surface area contributed by atoms with E-state index in [1.807, 2.05) is 20.8 Å². The van der Waals surface area contributed by atoms with E-state index in [1.165, 1.54) is 31.0 Å². The number of hydrogen-bond donors (Lipinski definition) is 2. The molecule has 2 heterocycles. The molecule has 3 rings (SSSR count). The Balaban J connectivity index is 1.55. The summed E-state index contributed by atoms with van der Waals surface area (Å²) in [5, 5.41) is 3.73. The number of amides is 1. The monoisotopic (exact) mass is 407 g/mol. The van der Waals surface area contributed by atoms with Crippen LogP contribution < -0.4 is 10.9 Å². The zero-order valence-electron chi connectivity index (χ0n) is 16.6. The highest BCUT2D eigenvalue weighted by atomic mass is 32.2. The molecular formula is C20H29N3O2S2. The smallest absolute Gasteiger partial charge is 0.259 e. The number of H-pyrrole nitrogens is 1. The van der Waals surface area contributed by atoms with E-state index in [-0.39, 0.29) is 16.7 Å². The molecular weight excluding hydrogens is 378 g/mol. The van der Waals surface area contributed by atoms with Crippen LogP contribution in [-0.4, -0.2) is 27.2 Å². The number of hydrogen-bond acceptors (Lipinski definition) is 5. The largest absolute Gasteiger partial charge is 0.352 e. The number of carbonyl (C=O) groups is 1. The van der Waals surface area contributed by atoms with Crippen LogP contribution in [0.3, 0.4) is 0 Å². The van der Waals surface area contributed by atoms with Crippen LogP contribution in [-0.2, 0) is 10.5 Å². The average Bonchev–Trinajstić information content (AvgIpc) is 2.94. The third kappa shape index (κ3) is 4.74. The first-order valence-corrected chi connectivity index (χ1v) is 11.7. The Kier molecular flexibility index (Phi) is 6.63. The van der Waals surface area contributed by atoms with E-state index in [4.69, 9.17) is 0 Å². The van der Waals surface area contributed by atoms with Crippen molar-refractivity contribution in [1.29, 1.82) is 0 Å². The molecule has 0 saturated heterocycles. The number of nitrogens with one attached hydrogen (secondary N) is 2. The van der Waals surface area contributed by atoms with Crippen LogP contribution in [0.1, 0.15) is 62.2 Å². The van der Waals surface area contributed by atoms with Crippen LogP contribution in [0.25, 0.3) is 10.2 Å². The van der Waals surface area contributed by atoms with Gasteiger partial charge < -0.3 is 10.3 Å². The molecule has 2 N–H and O–H groups in total. The van der Waals surface area contributed by atoms with Crippen molar-refractivity contribution in [2.75, 3.05) is 0 Å². The lowest BCUT2D eigenvalue weighted by atomic mass is 9.84. The van der Waals surface area contributed by atoms with Crippen molar-refractivity contribution in [2.24, 2.45) is 5.92 Å². The van der Waals surface area contributed by atoms with Crippen molar-refractivity contribution in [3.05, 3.63) is 26.6 Å². The van der Waals surface area contributed by atoms with Gasteiger partial charge in [-0.25, -0.2) is 4.98 Å². The Morgan fingerprint density at radius 3 is 2.70 bits per heavy atom. The van der Waals surface area contributed by atoms with Crippen LogP contribution in [0.2, 0.25) is 0 Å². The van der Waals surface area contributed by atoms with Crippen LogP contribution in [0.5, 0.6) is 0 Å². The van der Waals surface area contributed by atoms with Crippen LogP contribution in [0, 0.1) is 19.8 Å². The zero-order valence-corrected chi connectivity index (χ0v) is 18.2. The predicted molar refractivity (Wildman–Crippen MR) is 115 cm³/mol. The molecule has 1 saturated carbocycles. The molecule has 0 radical (unpaired) electrons. The molecule has 0 spiro atoms. The first kappa shape index (κ1) is 20.4. The molecule has 1 atom stereocenters. The molecule has 1 aliphatic rings. The number of thioether (sulfide) groups is 1. The summed E-state index contributed by atoms with van der Waals surface area (Å²) in [4.78, 5) is 34.2. The van der Waals surface area contributed by atoms with Gasteiger partial charge in [0, 0.05) is 10.9 Å². The second kappa shape index (κ2) is 8.78. The minimum absolute atomic E-state index is 0.0813. The average molecular weight is 408 g/mol. The maximum Gasteiger partial charge on any atom is 0.259 e. The lowest BCUT2D eigenvalue weighted by molar-refractivity contribution is -0.121. The number of aromatic nitrogens is 2. The summed E-state index contributed by atoms with van der Waals surface area (Å²) in [7, 11) is 0. The molecule has 7 heteroatoms. The second-order valence-electron chi connectivity index (χ2n) is 7.56. The number of thiophene rings is 1. The summed E-state index contributed by atoms with van der Waals surface area (Å²) >= 11 is 3.07. The molecule has 2 aromatic heterocycles. The summed E-state index contributed by atoms with van der Waals surface area (Å²) in [5.74, 6) is 2.08. The topological polar surface area (TPSA) is 74.8 Å². The van der Waals surface area contributed by atoms with E-state index in [0.717, 1.165) is 34.0 Å². The van der Waals surface area contributed by atoms with Crippen LogP contribution in [0.4, 0.5) is 0 Å². The van der Waals surface area contributed by atoms with Crippen LogP contribution in [0.15, 0.2) is 4.79 Å². The van der Waals surface area contributed by atoms with Gasteiger partial charge in [-0.2, -0.15) is 0 Å². The summed E-state index contributed by atoms with van der Waals surface area (Å²) in [6.07, 6.45) is 5.85. The Morgan fingerprint density at radius 1 is 1.33 bits per heavy atom. The number of nitrogens with zero attached hydrogens (tertiary/aromatic N) is 1. The predicted octanol–water partition coefficient (Wildman–Crippen LogP) is 4.31. The van der Waals surface area contributed by atoms with E-state index < -0.39 is 0 Å². The Hall–Kier alpha value is -1.34. The number of aromatic amines is 1. The van der Waals surface area contributed by atoms with Gasteiger partial charge in [0.05, 0.1) is 16.4 Å². The van der Waals surface area contributed by atoms with Crippen molar-refractivity contribution < 1.29 is 4.79 Å². The van der Waals surface area contributed by atoms with E-state index in [2.05, 4.69) is 22.2 Å². The molecule has 0 bridgehead atoms. The summed E-state index contributed by atoms with van der Waals surface area (Å²) in [5.41, 5.74) is 0.927. The SMILES string of the molecule is CCC1CCC(NC(=O)C(C)SCc2nc3sc(C)c(C)c3c(=O)[nH]2)CC1. The van der Waals surface area contributed by atoms with Crippen molar-refractivity contribution in [3.63, 3.8) is 0 Å². The third-order valence-corrected chi connectivity index (χ3v) is 7.95. The van der Waals surface area contributed by atoms with E-state index in [0.29, 0.717) is 23.0 Å². The number of rotatable bonds is 6. The van der Waals surface area contributed by atoms with Gasteiger partial charge in [-0.05, 0) is 57.9 Å². The lowest BCUT2D eigenvalue weighted by Gasteiger charge is -2.29. The van der Waals surface area contributed by atoms with Crippen molar-refractivity contribution >= 4 is 39.2 Å². The fourth-order valence-corrected chi connectivity index (χ4v) is 5.49. The molecule has 5 nitrogen and oxygen atoms in total. The molecule has 1 amide bonds. The van der Waals surface area contributed by atoms with Crippen molar-refractivity contribution in [2.45, 2.75) is 76.8 Å². The minimum atomic E-state index is -0.165. The molecule has 1 unspecified atom stereocenters. The summed E-state index contributed by atoms with van der Waals surface area (Å²) in [6.45, 7) is 8.14. The first-order chi connectivity index (χ1) is 12.9. The number of fused-ring (bicyclic) bond motifs is 1. The molecule has 0 aliphatic heterocycles. The van der Waals surface area contributed by atoms with Crippen molar-refractivity contribution in [3.8, 4) is 0 Å². The van der Waals surface area contributed by atoms with E-state index >= 15 is 0 Å². The first-order valence-electron chi connectivity index (χ1n) is 9.79. The standard InChI is InChI=1S/C20H29N3O2S2/c1-5-14-6-8-15(9-7-14)21-18(24)13(4)26-10-16-22-19(25)17-11(2)12(3)27-20(17)23-16/h13-15H,5-10H2,1-4H3,(H,21,24)(H,22,23,25). The third-order valence-electron chi connectivity index (χ3n) is 5.70. The molecule has 0 aromatic carbocycles. The highest BCUT2D eigenvalue weighted by Gasteiger charge is 2.23. The van der Waals surface area contributed by atoms with E-state index in [1.54, 1.807) is 11.3 Å². The molecule has 1 fully saturated rings. The van der Waals surface area contributed by atoms with Gasteiger partial charge in [-0.3, -0.25) is 9.59 Å². The quantitative estimate of drug-likeness (QED) is 0.748. The second-order valence-corrected chi connectivity index (χ2v) is 10.1. The highest BCUT2D eigenvalue weighted by molar-refractivity contribution is 7.99. The van der Waals surface area contributed by atoms with Gasteiger partial charge in [-0.1, -0.05) is 13.3 Å². The molecule has 1 aliphatic carbocycles. The number of carbonyl (C=O) groups excluding carboxylic acids is 1. The molecule has 27 heavy (non-hydrogen) atoms. The van der Waals surface area contributed by atoms with Gasteiger partial charge in [-0.15, -0.1) is 23.1 Å². The van der Waals surface area contributed by atoms with Crippen LogP contribution >= 0.6 is 23.1 Å².